The minimum absolute atomic E-state index is 0.00736. The third kappa shape index (κ3) is 16.6. The Morgan fingerprint density at radius 2 is 1.00 bits per heavy atom. The monoisotopic (exact) mass is 1400 g/mol. The molecule has 11 nitrogen and oxygen atoms in total. The van der Waals surface area contributed by atoms with Gasteiger partial charge in [0.05, 0.1) is 15.8 Å². The number of nitrogens with one attached hydrogen (secondary N) is 1. The largest absolute Gasteiger partial charge is 0.530 e. The molecule has 0 radical (unpaired) electrons. The van der Waals surface area contributed by atoms with Crippen molar-refractivity contribution in [3.05, 3.63) is 331 Å². The van der Waals surface area contributed by atoms with Gasteiger partial charge in [-0.25, -0.2) is 8.42 Å². The van der Waals surface area contributed by atoms with Gasteiger partial charge in [0.15, 0.2) is 0 Å². The van der Waals surface area contributed by atoms with Crippen LogP contribution in [0.1, 0.15) is 119 Å². The van der Waals surface area contributed by atoms with Gasteiger partial charge in [-0.05, 0) is 185 Å². The third-order valence-corrected chi connectivity index (χ3v) is 21.9. The van der Waals surface area contributed by atoms with Crippen LogP contribution in [-0.2, 0) is 36.3 Å². The molecule has 3 aliphatic rings. The number of nitrogens with zero attached hydrogens (tertiary/aromatic N) is 1. The summed E-state index contributed by atoms with van der Waals surface area (Å²) in [6.07, 6.45) is 7.63. The SMILES string of the molecule is Cc1cc2c3c(c1)C(C)(C)CC31CC(C)(C)c3cc(C)cc(c31)OP(Oc1ccccc1/C=C/c1ccc3ccccc3c1)O2.Cc1ccc(S(=O)(=O)N=Cc2ccc(Cl)cc2)cc1.Cc1ccc(S(=O)(=O)N[C@H](c2ccccc2)c2ccc(Cl)cc2)cc1.OB(O)c1ccccc1. The lowest BCUT2D eigenvalue weighted by Gasteiger charge is -2.34. The topological polar surface area (TPSA) is 161 Å². The van der Waals surface area contributed by atoms with E-state index in [0.717, 1.165) is 63.5 Å². The Balaban J connectivity index is 0.000000153. The van der Waals surface area contributed by atoms with Crippen molar-refractivity contribution in [1.82, 2.24) is 4.72 Å². The van der Waals surface area contributed by atoms with Gasteiger partial charge in [-0.2, -0.15) is 17.5 Å². The molecule has 1 atom stereocenters. The van der Waals surface area contributed by atoms with Crippen LogP contribution < -0.4 is 23.8 Å². The van der Waals surface area contributed by atoms with Crippen molar-refractivity contribution in [2.75, 3.05) is 0 Å². The van der Waals surface area contributed by atoms with Crippen molar-refractivity contribution >= 4 is 93.6 Å². The molecule has 498 valence electrons. The van der Waals surface area contributed by atoms with Crippen LogP contribution in [0.2, 0.25) is 10.0 Å². The molecule has 1 spiro atoms. The Bertz CT molecular complexity index is 4870. The van der Waals surface area contributed by atoms with Crippen molar-refractivity contribution < 1.29 is 40.5 Å². The first-order valence-corrected chi connectivity index (χ1v) is 36.9. The lowest BCUT2D eigenvalue weighted by atomic mass is 9.72. The zero-order chi connectivity index (χ0) is 69.6. The molecule has 98 heavy (non-hydrogen) atoms. The normalized spacial score (nSPS) is 14.9. The van der Waals surface area contributed by atoms with Crippen LogP contribution in [0, 0.1) is 27.7 Å². The van der Waals surface area contributed by atoms with Gasteiger partial charge in [0.2, 0.25) is 10.0 Å². The van der Waals surface area contributed by atoms with Crippen LogP contribution in [0.25, 0.3) is 22.9 Å². The molecule has 0 aromatic heterocycles. The summed E-state index contributed by atoms with van der Waals surface area (Å²) in [6, 6.07) is 77.2. The van der Waals surface area contributed by atoms with Crippen LogP contribution in [0.3, 0.4) is 0 Å². The Hall–Kier alpha value is -8.66. The Morgan fingerprint density at radius 3 is 1.55 bits per heavy atom. The number of benzene rings is 11. The average molecular weight is 1400 g/mol. The second kappa shape index (κ2) is 29.8. The molecule has 14 rings (SSSR count). The summed E-state index contributed by atoms with van der Waals surface area (Å²) >= 11 is 11.7. The van der Waals surface area contributed by atoms with Crippen LogP contribution in [0.15, 0.2) is 263 Å². The van der Waals surface area contributed by atoms with Crippen LogP contribution in [0.5, 0.6) is 17.2 Å². The van der Waals surface area contributed by atoms with Gasteiger partial charge in [-0.3, -0.25) is 0 Å². The summed E-state index contributed by atoms with van der Waals surface area (Å²) in [6.45, 7) is 17.7. The summed E-state index contributed by atoms with van der Waals surface area (Å²) < 4.78 is 76.6. The van der Waals surface area contributed by atoms with E-state index in [2.05, 4.69) is 136 Å². The molecule has 0 saturated heterocycles. The quantitative estimate of drug-likeness (QED) is 0.0442. The number of para-hydroxylation sites is 1. The molecule has 11 aromatic rings. The summed E-state index contributed by atoms with van der Waals surface area (Å²) in [5, 5.41) is 20.8. The minimum Gasteiger partial charge on any atom is -0.423 e. The van der Waals surface area contributed by atoms with Gasteiger partial charge in [-0.15, -0.1) is 0 Å². The molecule has 0 fully saturated rings. The maximum atomic E-state index is 12.8. The Morgan fingerprint density at radius 1 is 0.520 bits per heavy atom. The molecular weight excluding hydrogens is 1320 g/mol. The molecule has 0 bridgehead atoms. The summed E-state index contributed by atoms with van der Waals surface area (Å²) in [7, 11) is -10.5. The predicted octanol–water partition coefficient (Wildman–Crippen LogP) is 18.9. The Kier molecular flexibility index (Phi) is 21.5. The standard InChI is InChI=1S/C41H39O3P.C20H18ClNO2S.C14H12ClNO2S.C6H7BO2/c1-26-19-32-37-35(21-26)43-45(44-36-22-27(2)20-33-38(36)41(37,24-39(32,3)4)25-40(33,5)6)42-34-14-10-9-12-30(34)18-16-28-15-17-29-11-7-8-13-31(29)23-28;1-15-7-13-19(14-8-15)25(23,24)22-20(16-5-3-2-4-6-16)17-9-11-18(21)12-10-17;1-11-2-8-14(9-3-11)19(17,18)16-10-12-4-6-13(15)7-5-12;8-7(9)6-4-2-1-3-5-6/h7-23H,24-25H2,1-6H3;2-14,20,22H,1H3;2-10H,1H3;1-5,8-9H/b18-16+;;;/t;20-;;/m.1../s1. The van der Waals surface area contributed by atoms with Gasteiger partial charge >= 0.3 is 15.7 Å². The smallest absolute Gasteiger partial charge is 0.423 e. The van der Waals surface area contributed by atoms with Crippen LogP contribution >= 0.6 is 31.8 Å². The van der Waals surface area contributed by atoms with Gasteiger partial charge in [0.25, 0.3) is 10.0 Å². The van der Waals surface area contributed by atoms with E-state index in [1.807, 2.05) is 80.6 Å². The van der Waals surface area contributed by atoms with E-state index < -0.39 is 41.8 Å². The molecule has 17 heteroatoms. The molecule has 0 amide bonds. The number of sulfonamides is 2. The minimum atomic E-state index is -3.67. The third-order valence-electron chi connectivity index (χ3n) is 17.6. The summed E-state index contributed by atoms with van der Waals surface area (Å²) in [5.41, 5.74) is 14.7. The van der Waals surface area contributed by atoms with E-state index >= 15 is 0 Å². The van der Waals surface area contributed by atoms with E-state index in [4.69, 9.17) is 46.8 Å². The summed E-state index contributed by atoms with van der Waals surface area (Å²) in [5.74, 6) is 2.54. The maximum absolute atomic E-state index is 12.8. The first kappa shape index (κ1) is 70.7. The maximum Gasteiger partial charge on any atom is 0.530 e. The number of hydrogen-bond acceptors (Lipinski definition) is 9. The van der Waals surface area contributed by atoms with Crippen molar-refractivity contribution in [1.29, 1.82) is 0 Å². The van der Waals surface area contributed by atoms with Gasteiger partial charge in [0, 0.05) is 38.4 Å². The fourth-order valence-electron chi connectivity index (χ4n) is 13.1. The molecule has 2 aliphatic carbocycles. The van der Waals surface area contributed by atoms with Crippen LogP contribution in [0.4, 0.5) is 0 Å². The van der Waals surface area contributed by atoms with Crippen molar-refractivity contribution in [2.24, 2.45) is 4.40 Å². The number of hydrogen-bond donors (Lipinski definition) is 3. The van der Waals surface area contributed by atoms with E-state index in [1.54, 1.807) is 109 Å². The molecule has 1 aliphatic heterocycles. The second-order valence-corrected chi connectivity index (χ2v) is 31.5. The zero-order valence-electron chi connectivity index (χ0n) is 55.7. The second-order valence-electron chi connectivity index (χ2n) is 26.2. The number of halogens is 2. The highest BCUT2D eigenvalue weighted by Crippen LogP contribution is 2.69. The average Bonchev–Trinajstić information content (AvgIpc) is 1.51. The molecule has 0 unspecified atom stereocenters. The van der Waals surface area contributed by atoms with Crippen molar-refractivity contribution in [3.63, 3.8) is 0 Å². The fourth-order valence-corrected chi connectivity index (χ4v) is 16.5. The van der Waals surface area contributed by atoms with Gasteiger partial charge in [-0.1, -0.05) is 250 Å². The molecular formula is C81H76BCl2N2O9PS2. The molecule has 1 heterocycles. The first-order valence-electron chi connectivity index (χ1n) is 32.1. The fraction of sp³-hybridized carbons (Fsp3) is 0.173. The highest BCUT2D eigenvalue weighted by molar-refractivity contribution is 7.90. The van der Waals surface area contributed by atoms with E-state index in [-0.39, 0.29) is 26.0 Å². The van der Waals surface area contributed by atoms with Gasteiger partial charge < -0.3 is 23.6 Å². The van der Waals surface area contributed by atoms with Gasteiger partial charge in [0.1, 0.15) is 17.2 Å². The first-order chi connectivity index (χ1) is 46.8. The predicted molar refractivity (Wildman–Crippen MR) is 401 cm³/mol. The highest BCUT2D eigenvalue weighted by Gasteiger charge is 2.60. The lowest BCUT2D eigenvalue weighted by Crippen LogP contribution is -2.29. The number of rotatable bonds is 13. The molecule has 0 saturated carbocycles. The molecule has 3 N–H and O–H groups in total. The Labute approximate surface area is 587 Å². The number of fused-ring (bicyclic) bond motifs is 1. The number of aryl methyl sites for hydroxylation is 4. The lowest BCUT2D eigenvalue weighted by molar-refractivity contribution is 0.327. The van der Waals surface area contributed by atoms with E-state index in [9.17, 15) is 16.8 Å². The van der Waals surface area contributed by atoms with E-state index in [0.29, 0.717) is 21.1 Å². The van der Waals surface area contributed by atoms with Crippen molar-refractivity contribution in [2.45, 2.75) is 100 Å². The highest BCUT2D eigenvalue weighted by atomic mass is 35.5. The van der Waals surface area contributed by atoms with Crippen molar-refractivity contribution in [3.8, 4) is 17.2 Å². The van der Waals surface area contributed by atoms with Crippen LogP contribution in [-0.4, -0.2) is 40.2 Å². The van der Waals surface area contributed by atoms with E-state index in [1.165, 1.54) is 50.4 Å². The zero-order valence-corrected chi connectivity index (χ0v) is 59.7. The summed E-state index contributed by atoms with van der Waals surface area (Å²) in [4.78, 5) is 0.427. The molecule has 11 aromatic carbocycles.